The van der Waals surface area contributed by atoms with Gasteiger partial charge in [-0.1, -0.05) is 30.3 Å². The molecule has 0 aromatic heterocycles. The predicted molar refractivity (Wildman–Crippen MR) is 87.0 cm³/mol. The van der Waals surface area contributed by atoms with E-state index in [0.717, 1.165) is 5.56 Å². The number of carboxylic acids is 1. The molecule has 1 aromatic rings. The maximum Gasteiger partial charge on any atom is 0.372 e. The molecule has 26 heavy (non-hydrogen) atoms. The third-order valence-electron chi connectivity index (χ3n) is 4.32. The Morgan fingerprint density at radius 1 is 1.23 bits per heavy atom. The Morgan fingerprint density at radius 3 is 2.58 bits per heavy atom. The molecule has 0 unspecified atom stereocenters. The Morgan fingerprint density at radius 2 is 1.92 bits per heavy atom. The van der Waals surface area contributed by atoms with E-state index in [2.05, 4.69) is 0 Å². The number of carbonyl (C=O) groups excluding carboxylic acids is 1. The number of aliphatic hydroxyl groups is 1. The summed E-state index contributed by atoms with van der Waals surface area (Å²) in [6, 6.07) is 9.43. The zero-order valence-electron chi connectivity index (χ0n) is 14.5. The molecule has 0 spiro atoms. The van der Waals surface area contributed by atoms with Gasteiger partial charge in [0.15, 0.2) is 12.1 Å². The Bertz CT molecular complexity index is 658. The summed E-state index contributed by atoms with van der Waals surface area (Å²) in [5.41, 5.74) is 0.920. The lowest BCUT2D eigenvalue weighted by atomic mass is 10.0. The van der Waals surface area contributed by atoms with Crippen LogP contribution in [0.4, 0.5) is 0 Å². The van der Waals surface area contributed by atoms with Crippen LogP contribution in [0, 0.1) is 0 Å². The van der Waals surface area contributed by atoms with Crippen LogP contribution in [0.3, 0.4) is 0 Å². The van der Waals surface area contributed by atoms with Crippen molar-refractivity contribution in [1.82, 2.24) is 0 Å². The summed E-state index contributed by atoms with van der Waals surface area (Å²) < 4.78 is 23.1. The number of rotatable bonds is 7. The first-order chi connectivity index (χ1) is 12.3. The van der Waals surface area contributed by atoms with E-state index in [4.69, 9.17) is 24.1 Å². The number of hydrogen-bond donors (Lipinski definition) is 2. The maximum absolute atomic E-state index is 11.4. The normalized spacial score (nSPS) is 30.7. The molecule has 5 atom stereocenters. The smallest absolute Gasteiger partial charge is 0.372 e. The van der Waals surface area contributed by atoms with Gasteiger partial charge in [-0.3, -0.25) is 4.79 Å². The number of ketones is 1. The zero-order chi connectivity index (χ0) is 18.9. The van der Waals surface area contributed by atoms with Crippen LogP contribution >= 0.6 is 0 Å². The molecule has 0 saturated carbocycles. The van der Waals surface area contributed by atoms with E-state index in [0.29, 0.717) is 0 Å². The molecule has 3 rings (SSSR count). The second-order valence-electron chi connectivity index (χ2n) is 6.83. The van der Waals surface area contributed by atoms with Gasteiger partial charge in [0.25, 0.3) is 0 Å². The Hall–Kier alpha value is -1.84. The molecule has 0 amide bonds. The molecule has 0 bridgehead atoms. The van der Waals surface area contributed by atoms with Crippen molar-refractivity contribution in [3.8, 4) is 0 Å². The molecule has 2 aliphatic heterocycles. The second kappa shape index (κ2) is 7.42. The zero-order valence-corrected chi connectivity index (χ0v) is 14.5. The SMILES string of the molecule is CC1(C)O[C@H]2O[C@H]([C@@H](O)CC(=O)C(=O)O)[C@H](OCc3ccccc3)[C@H]2O1. The summed E-state index contributed by atoms with van der Waals surface area (Å²) in [5.74, 6) is -3.56. The van der Waals surface area contributed by atoms with Crippen LogP contribution in [0.5, 0.6) is 0 Å². The number of fused-ring (bicyclic) bond motifs is 1. The molecule has 8 heteroatoms. The van der Waals surface area contributed by atoms with Gasteiger partial charge >= 0.3 is 5.97 Å². The van der Waals surface area contributed by atoms with Gasteiger partial charge < -0.3 is 29.2 Å². The highest BCUT2D eigenvalue weighted by Gasteiger charge is 2.57. The van der Waals surface area contributed by atoms with E-state index in [1.165, 1.54) is 0 Å². The fourth-order valence-corrected chi connectivity index (χ4v) is 3.16. The van der Waals surface area contributed by atoms with Crippen molar-refractivity contribution in [2.45, 2.75) is 63.4 Å². The predicted octanol–water partition coefficient (Wildman–Crippen LogP) is 0.853. The van der Waals surface area contributed by atoms with Crippen LogP contribution in [0.2, 0.25) is 0 Å². The minimum Gasteiger partial charge on any atom is -0.475 e. The number of carboxylic acid groups (broad SMARTS) is 1. The number of aliphatic hydroxyl groups excluding tert-OH is 1. The number of ether oxygens (including phenoxy) is 4. The fraction of sp³-hybridized carbons (Fsp3) is 0.556. The van der Waals surface area contributed by atoms with Crippen LogP contribution in [-0.2, 0) is 35.1 Å². The third kappa shape index (κ3) is 4.11. The maximum atomic E-state index is 11.4. The Labute approximate surface area is 150 Å². The van der Waals surface area contributed by atoms with Crippen LogP contribution in [0.25, 0.3) is 0 Å². The topological polar surface area (TPSA) is 112 Å². The van der Waals surface area contributed by atoms with Crippen molar-refractivity contribution < 1.29 is 38.7 Å². The van der Waals surface area contributed by atoms with Gasteiger partial charge in [0.1, 0.15) is 18.3 Å². The molecular weight excluding hydrogens is 344 g/mol. The summed E-state index contributed by atoms with van der Waals surface area (Å²) in [4.78, 5) is 22.2. The molecule has 0 aliphatic carbocycles. The molecule has 1 aromatic carbocycles. The Balaban J connectivity index is 1.72. The van der Waals surface area contributed by atoms with Crippen LogP contribution in [0.15, 0.2) is 30.3 Å². The highest BCUT2D eigenvalue weighted by molar-refractivity contribution is 6.32. The molecular formula is C18H22O8. The summed E-state index contributed by atoms with van der Waals surface area (Å²) in [6.45, 7) is 3.72. The molecule has 2 heterocycles. The standard InChI is InChI=1S/C18H22O8/c1-18(2)25-15-14(23-9-10-6-4-3-5-7-10)13(24-17(15)26-18)11(19)8-12(20)16(21)22/h3-7,11,13-15,17,19H,8-9H2,1-2H3,(H,21,22)/t11-,13+,14-,15+,17+/m0/s1. The number of hydrogen-bond acceptors (Lipinski definition) is 7. The van der Waals surface area contributed by atoms with E-state index < -0.39 is 54.7 Å². The number of carbonyl (C=O) groups is 2. The van der Waals surface area contributed by atoms with Crippen LogP contribution in [-0.4, -0.2) is 58.5 Å². The molecule has 8 nitrogen and oxygen atoms in total. The minimum atomic E-state index is -1.60. The lowest BCUT2D eigenvalue weighted by Gasteiger charge is -2.28. The number of benzene rings is 1. The van der Waals surface area contributed by atoms with Gasteiger partial charge in [0.05, 0.1) is 12.7 Å². The second-order valence-corrected chi connectivity index (χ2v) is 6.83. The summed E-state index contributed by atoms with van der Waals surface area (Å²) >= 11 is 0. The largest absolute Gasteiger partial charge is 0.475 e. The van der Waals surface area contributed by atoms with Gasteiger partial charge in [0.2, 0.25) is 5.78 Å². The van der Waals surface area contributed by atoms with E-state index in [1.807, 2.05) is 30.3 Å². The van der Waals surface area contributed by atoms with Gasteiger partial charge in [-0.05, 0) is 19.4 Å². The molecule has 2 fully saturated rings. The first-order valence-corrected chi connectivity index (χ1v) is 8.37. The molecule has 2 saturated heterocycles. The van der Waals surface area contributed by atoms with Crippen molar-refractivity contribution in [2.24, 2.45) is 0 Å². The lowest BCUT2D eigenvalue weighted by Crippen LogP contribution is -2.43. The van der Waals surface area contributed by atoms with Crippen molar-refractivity contribution >= 4 is 11.8 Å². The monoisotopic (exact) mass is 366 g/mol. The molecule has 2 N–H and O–H groups in total. The summed E-state index contributed by atoms with van der Waals surface area (Å²) in [6.07, 6.45) is -4.92. The highest BCUT2D eigenvalue weighted by atomic mass is 16.8. The average molecular weight is 366 g/mol. The quantitative estimate of drug-likeness (QED) is 0.683. The van der Waals surface area contributed by atoms with Gasteiger partial charge in [-0.2, -0.15) is 0 Å². The summed E-state index contributed by atoms with van der Waals surface area (Å²) in [5, 5.41) is 19.1. The van der Waals surface area contributed by atoms with Crippen molar-refractivity contribution in [2.75, 3.05) is 0 Å². The number of aliphatic carboxylic acids is 1. The average Bonchev–Trinajstić information content (AvgIpc) is 3.05. The summed E-state index contributed by atoms with van der Waals surface area (Å²) in [7, 11) is 0. The first-order valence-electron chi connectivity index (χ1n) is 8.37. The van der Waals surface area contributed by atoms with Crippen LogP contribution in [0.1, 0.15) is 25.8 Å². The molecule has 2 aliphatic rings. The van der Waals surface area contributed by atoms with Crippen molar-refractivity contribution in [1.29, 1.82) is 0 Å². The lowest BCUT2D eigenvalue weighted by molar-refractivity contribution is -0.230. The van der Waals surface area contributed by atoms with Crippen molar-refractivity contribution in [3.63, 3.8) is 0 Å². The number of Topliss-reactive ketones (excluding diaryl/α,β-unsaturated/α-hetero) is 1. The third-order valence-corrected chi connectivity index (χ3v) is 4.32. The first kappa shape index (κ1) is 18.9. The van der Waals surface area contributed by atoms with E-state index in [-0.39, 0.29) is 6.61 Å². The van der Waals surface area contributed by atoms with Crippen LogP contribution < -0.4 is 0 Å². The van der Waals surface area contributed by atoms with E-state index in [1.54, 1.807) is 13.8 Å². The van der Waals surface area contributed by atoms with Crippen molar-refractivity contribution in [3.05, 3.63) is 35.9 Å². The minimum absolute atomic E-state index is 0.248. The highest BCUT2D eigenvalue weighted by Crippen LogP contribution is 2.40. The van der Waals surface area contributed by atoms with E-state index in [9.17, 15) is 14.7 Å². The Kier molecular flexibility index (Phi) is 5.40. The molecule has 0 radical (unpaired) electrons. The molecule has 142 valence electrons. The van der Waals surface area contributed by atoms with Gasteiger partial charge in [0, 0.05) is 6.42 Å². The van der Waals surface area contributed by atoms with Gasteiger partial charge in [-0.25, -0.2) is 4.79 Å². The fourth-order valence-electron chi connectivity index (χ4n) is 3.16. The van der Waals surface area contributed by atoms with Gasteiger partial charge in [-0.15, -0.1) is 0 Å². The van der Waals surface area contributed by atoms with E-state index >= 15 is 0 Å².